The molecule has 1 aromatic carbocycles. The number of methoxy groups -OCH3 is 1. The van der Waals surface area contributed by atoms with Crippen LogP contribution in [-0.4, -0.2) is 31.3 Å². The van der Waals surface area contributed by atoms with Crippen LogP contribution in [0.3, 0.4) is 0 Å². The Morgan fingerprint density at radius 3 is 2.44 bits per heavy atom. The summed E-state index contributed by atoms with van der Waals surface area (Å²) >= 11 is 11.7. The summed E-state index contributed by atoms with van der Waals surface area (Å²) in [6, 6.07) is 2.91. The summed E-state index contributed by atoms with van der Waals surface area (Å²) in [7, 11) is 1.44. The lowest BCUT2D eigenvalue weighted by Crippen LogP contribution is -2.26. The first-order valence-electron chi connectivity index (χ1n) is 4.52. The maximum atomic E-state index is 11.5. The Labute approximate surface area is 103 Å². The molecule has 0 saturated carbocycles. The van der Waals surface area contributed by atoms with Crippen molar-refractivity contribution in [1.82, 2.24) is 5.32 Å². The molecule has 6 heteroatoms. The number of hydrogen-bond donors (Lipinski definition) is 2. The van der Waals surface area contributed by atoms with E-state index in [0.29, 0.717) is 11.3 Å². The number of hydrogen-bond acceptors (Lipinski definition) is 3. The van der Waals surface area contributed by atoms with Gasteiger partial charge in [-0.2, -0.15) is 0 Å². The van der Waals surface area contributed by atoms with E-state index < -0.39 is 0 Å². The van der Waals surface area contributed by atoms with E-state index in [-0.39, 0.29) is 29.1 Å². The van der Waals surface area contributed by atoms with Gasteiger partial charge in [0.05, 0.1) is 23.8 Å². The highest BCUT2D eigenvalue weighted by molar-refractivity contribution is 6.37. The standard InChI is InChI=1S/C10H11Cl2NO3/c1-16-9-7(11)4-6(5-8(9)12)10(15)13-2-3-14/h4-5,14H,2-3H2,1H3,(H,13,15). The van der Waals surface area contributed by atoms with Gasteiger partial charge < -0.3 is 15.2 Å². The van der Waals surface area contributed by atoms with E-state index in [2.05, 4.69) is 5.32 Å². The second kappa shape index (κ2) is 5.94. The summed E-state index contributed by atoms with van der Waals surface area (Å²) in [6.45, 7) is 0.0590. The number of ether oxygens (including phenoxy) is 1. The molecular formula is C10H11Cl2NO3. The van der Waals surface area contributed by atoms with Gasteiger partial charge in [-0.3, -0.25) is 4.79 Å². The van der Waals surface area contributed by atoms with Crippen molar-refractivity contribution in [3.8, 4) is 5.75 Å². The van der Waals surface area contributed by atoms with Gasteiger partial charge in [-0.15, -0.1) is 0 Å². The van der Waals surface area contributed by atoms with Crippen LogP contribution in [0.2, 0.25) is 10.0 Å². The normalized spacial score (nSPS) is 10.0. The van der Waals surface area contributed by atoms with Gasteiger partial charge in [-0.25, -0.2) is 0 Å². The Hall–Kier alpha value is -0.970. The highest BCUT2D eigenvalue weighted by Crippen LogP contribution is 2.33. The average Bonchev–Trinajstić information content (AvgIpc) is 2.25. The van der Waals surface area contributed by atoms with Gasteiger partial charge in [0.15, 0.2) is 5.75 Å². The number of aliphatic hydroxyl groups is 1. The Morgan fingerprint density at radius 2 is 2.00 bits per heavy atom. The molecule has 88 valence electrons. The number of carbonyl (C=O) groups excluding carboxylic acids is 1. The maximum absolute atomic E-state index is 11.5. The monoisotopic (exact) mass is 263 g/mol. The predicted octanol–water partition coefficient (Wildman–Crippen LogP) is 1.72. The van der Waals surface area contributed by atoms with Crippen molar-refractivity contribution in [2.75, 3.05) is 20.3 Å². The summed E-state index contributed by atoms with van der Waals surface area (Å²) in [5.41, 5.74) is 0.323. The molecule has 0 aliphatic rings. The van der Waals surface area contributed by atoms with E-state index >= 15 is 0 Å². The highest BCUT2D eigenvalue weighted by atomic mass is 35.5. The van der Waals surface area contributed by atoms with Crippen molar-refractivity contribution >= 4 is 29.1 Å². The van der Waals surface area contributed by atoms with Crippen LogP contribution in [0, 0.1) is 0 Å². The predicted molar refractivity (Wildman–Crippen MR) is 62.4 cm³/mol. The van der Waals surface area contributed by atoms with Crippen molar-refractivity contribution in [3.63, 3.8) is 0 Å². The zero-order valence-electron chi connectivity index (χ0n) is 8.59. The minimum atomic E-state index is -0.347. The molecule has 1 aromatic rings. The van der Waals surface area contributed by atoms with E-state index in [4.69, 9.17) is 33.0 Å². The molecule has 0 spiro atoms. The Morgan fingerprint density at radius 1 is 1.44 bits per heavy atom. The zero-order chi connectivity index (χ0) is 12.1. The number of aliphatic hydroxyl groups excluding tert-OH is 1. The molecular weight excluding hydrogens is 253 g/mol. The van der Waals surface area contributed by atoms with Crippen LogP contribution in [0.15, 0.2) is 12.1 Å². The van der Waals surface area contributed by atoms with Crippen LogP contribution in [0.25, 0.3) is 0 Å². The fraction of sp³-hybridized carbons (Fsp3) is 0.300. The lowest BCUT2D eigenvalue weighted by Gasteiger charge is -2.08. The maximum Gasteiger partial charge on any atom is 0.251 e. The molecule has 0 bridgehead atoms. The number of nitrogens with one attached hydrogen (secondary N) is 1. The first-order chi connectivity index (χ1) is 7.60. The molecule has 0 heterocycles. The zero-order valence-corrected chi connectivity index (χ0v) is 10.1. The van der Waals surface area contributed by atoms with Gasteiger partial charge in [-0.1, -0.05) is 23.2 Å². The minimum Gasteiger partial charge on any atom is -0.494 e. The largest absolute Gasteiger partial charge is 0.494 e. The van der Waals surface area contributed by atoms with Crippen LogP contribution >= 0.6 is 23.2 Å². The lowest BCUT2D eigenvalue weighted by molar-refractivity contribution is 0.0944. The SMILES string of the molecule is COc1c(Cl)cc(C(=O)NCCO)cc1Cl. The number of amides is 1. The minimum absolute atomic E-state index is 0.122. The van der Waals surface area contributed by atoms with Gasteiger partial charge in [0, 0.05) is 12.1 Å². The van der Waals surface area contributed by atoms with Crippen molar-refractivity contribution in [1.29, 1.82) is 0 Å². The smallest absolute Gasteiger partial charge is 0.251 e. The van der Waals surface area contributed by atoms with E-state index in [0.717, 1.165) is 0 Å². The van der Waals surface area contributed by atoms with E-state index in [9.17, 15) is 4.79 Å². The van der Waals surface area contributed by atoms with E-state index in [1.54, 1.807) is 0 Å². The highest BCUT2D eigenvalue weighted by Gasteiger charge is 2.12. The van der Waals surface area contributed by atoms with Crippen LogP contribution < -0.4 is 10.1 Å². The van der Waals surface area contributed by atoms with Crippen molar-refractivity contribution in [2.24, 2.45) is 0 Å². The molecule has 0 aliphatic heterocycles. The molecule has 0 saturated heterocycles. The number of carbonyl (C=O) groups is 1. The van der Waals surface area contributed by atoms with Gasteiger partial charge in [0.25, 0.3) is 5.91 Å². The molecule has 1 rings (SSSR count). The van der Waals surface area contributed by atoms with Gasteiger partial charge in [0.1, 0.15) is 0 Å². The number of rotatable bonds is 4. The number of benzene rings is 1. The first-order valence-corrected chi connectivity index (χ1v) is 5.27. The topological polar surface area (TPSA) is 58.6 Å². The Balaban J connectivity index is 2.95. The second-order valence-electron chi connectivity index (χ2n) is 2.95. The average molecular weight is 264 g/mol. The van der Waals surface area contributed by atoms with Crippen molar-refractivity contribution in [2.45, 2.75) is 0 Å². The van der Waals surface area contributed by atoms with Gasteiger partial charge in [-0.05, 0) is 12.1 Å². The summed E-state index contributed by atoms with van der Waals surface area (Å²) in [6.07, 6.45) is 0. The third-order valence-corrected chi connectivity index (χ3v) is 2.42. The molecule has 2 N–H and O–H groups in total. The Bertz CT molecular complexity index is 373. The van der Waals surface area contributed by atoms with Crippen molar-refractivity contribution < 1.29 is 14.6 Å². The van der Waals surface area contributed by atoms with Gasteiger partial charge >= 0.3 is 0 Å². The van der Waals surface area contributed by atoms with E-state index in [1.165, 1.54) is 19.2 Å². The molecule has 4 nitrogen and oxygen atoms in total. The van der Waals surface area contributed by atoms with Crippen molar-refractivity contribution in [3.05, 3.63) is 27.7 Å². The molecule has 16 heavy (non-hydrogen) atoms. The summed E-state index contributed by atoms with van der Waals surface area (Å²) in [5, 5.41) is 11.6. The quantitative estimate of drug-likeness (QED) is 0.870. The molecule has 0 radical (unpaired) electrons. The summed E-state index contributed by atoms with van der Waals surface area (Å²) in [5.74, 6) is -0.0115. The Kier molecular flexibility index (Phi) is 4.86. The second-order valence-corrected chi connectivity index (χ2v) is 3.77. The van der Waals surface area contributed by atoms with Crippen LogP contribution in [-0.2, 0) is 0 Å². The third-order valence-electron chi connectivity index (χ3n) is 1.86. The molecule has 0 aromatic heterocycles. The molecule has 0 atom stereocenters. The molecule has 0 aliphatic carbocycles. The number of halogens is 2. The summed E-state index contributed by atoms with van der Waals surface area (Å²) in [4.78, 5) is 11.5. The first kappa shape index (κ1) is 13.1. The fourth-order valence-corrected chi connectivity index (χ4v) is 1.80. The van der Waals surface area contributed by atoms with E-state index in [1.807, 2.05) is 0 Å². The molecule has 1 amide bonds. The fourth-order valence-electron chi connectivity index (χ4n) is 1.16. The molecule has 0 fully saturated rings. The van der Waals surface area contributed by atoms with Gasteiger partial charge in [0.2, 0.25) is 0 Å². The summed E-state index contributed by atoms with van der Waals surface area (Å²) < 4.78 is 4.96. The van der Waals surface area contributed by atoms with Crippen LogP contribution in [0.1, 0.15) is 10.4 Å². The van der Waals surface area contributed by atoms with Crippen LogP contribution in [0.4, 0.5) is 0 Å². The lowest BCUT2D eigenvalue weighted by atomic mass is 10.2. The van der Waals surface area contributed by atoms with Crippen LogP contribution in [0.5, 0.6) is 5.75 Å². The third kappa shape index (κ3) is 3.01. The molecule has 0 unspecified atom stereocenters.